The van der Waals surface area contributed by atoms with Crippen LogP contribution in [-0.4, -0.2) is 23.2 Å². The minimum atomic E-state index is -3.75. The van der Waals surface area contributed by atoms with Gasteiger partial charge in [-0.3, -0.25) is 4.68 Å². The number of nitrogens with one attached hydrogen (secondary N) is 1. The smallest absolute Gasteiger partial charge is 0.241 e. The summed E-state index contributed by atoms with van der Waals surface area (Å²) < 4.78 is 31.3. The molecule has 1 atom stereocenters. The fourth-order valence-electron chi connectivity index (χ4n) is 3.46. The highest BCUT2D eigenvalue weighted by Gasteiger charge is 2.27. The lowest BCUT2D eigenvalue weighted by molar-refractivity contribution is 0.482. The number of nitrogens with zero attached hydrogens (tertiary/aromatic N) is 3. The molecule has 1 aromatic heterocycles. The predicted molar refractivity (Wildman–Crippen MR) is 114 cm³/mol. The van der Waals surface area contributed by atoms with E-state index in [0.717, 1.165) is 22.3 Å². The van der Waals surface area contributed by atoms with Crippen molar-refractivity contribution < 1.29 is 8.42 Å². The molecule has 1 N–H and O–H groups in total. The number of hydrogen-bond acceptors (Lipinski definition) is 4. The van der Waals surface area contributed by atoms with Crippen LogP contribution in [0.2, 0.25) is 0 Å². The minimum absolute atomic E-state index is 0.0507. The summed E-state index contributed by atoms with van der Waals surface area (Å²) in [6, 6.07) is 13.0. The zero-order chi connectivity index (χ0) is 21.2. The Morgan fingerprint density at radius 1 is 1.07 bits per heavy atom. The van der Waals surface area contributed by atoms with Gasteiger partial charge in [-0.2, -0.15) is 5.10 Å². The van der Waals surface area contributed by atoms with Crippen molar-refractivity contribution in [3.05, 3.63) is 77.4 Å². The molecule has 0 aliphatic rings. The average Bonchev–Trinajstić information content (AvgIpc) is 3.13. The first-order chi connectivity index (χ1) is 13.6. The van der Waals surface area contributed by atoms with Crippen LogP contribution in [0.4, 0.5) is 0 Å². The highest BCUT2D eigenvalue weighted by atomic mass is 32.2. The molecule has 0 spiro atoms. The van der Waals surface area contributed by atoms with Crippen LogP contribution in [0.1, 0.15) is 49.1 Å². The highest BCUT2D eigenvalue weighted by Crippen LogP contribution is 2.30. The third-order valence-corrected chi connectivity index (χ3v) is 6.71. The van der Waals surface area contributed by atoms with Crippen LogP contribution in [0.3, 0.4) is 0 Å². The van der Waals surface area contributed by atoms with Crippen molar-refractivity contribution in [2.75, 3.05) is 0 Å². The Balaban J connectivity index is 1.99. The normalized spacial score (nSPS) is 13.4. The zero-order valence-corrected chi connectivity index (χ0v) is 18.4. The summed E-state index contributed by atoms with van der Waals surface area (Å²) in [5.41, 5.74) is 3.43. The van der Waals surface area contributed by atoms with Gasteiger partial charge in [0.1, 0.15) is 12.7 Å². The van der Waals surface area contributed by atoms with Gasteiger partial charge in [0.05, 0.1) is 17.5 Å². The quantitative estimate of drug-likeness (QED) is 0.666. The Hall–Kier alpha value is -2.51. The lowest BCUT2D eigenvalue weighted by atomic mass is 9.85. The number of hydrogen-bond donors (Lipinski definition) is 1. The monoisotopic (exact) mass is 412 g/mol. The Bertz CT molecular complexity index is 1050. The van der Waals surface area contributed by atoms with E-state index < -0.39 is 16.1 Å². The lowest BCUT2D eigenvalue weighted by Crippen LogP contribution is -2.32. The van der Waals surface area contributed by atoms with E-state index in [9.17, 15) is 8.42 Å². The highest BCUT2D eigenvalue weighted by molar-refractivity contribution is 7.89. The van der Waals surface area contributed by atoms with E-state index in [-0.39, 0.29) is 5.41 Å². The summed E-state index contributed by atoms with van der Waals surface area (Å²) in [5, 5.41) is 4.13. The molecule has 0 aliphatic heterocycles. The SMILES string of the molecule is Cc1cc(C(C)(C)C)cc(C)c1S(=O)(=O)NC(Cn1cncn1)c1ccccc1. The van der Waals surface area contributed by atoms with Crippen molar-refractivity contribution in [3.63, 3.8) is 0 Å². The maximum atomic E-state index is 13.4. The van der Waals surface area contributed by atoms with Crippen LogP contribution in [0.15, 0.2) is 60.0 Å². The fraction of sp³-hybridized carbons (Fsp3) is 0.364. The van der Waals surface area contributed by atoms with Crippen molar-refractivity contribution in [3.8, 4) is 0 Å². The van der Waals surface area contributed by atoms with Crippen LogP contribution in [0.25, 0.3) is 0 Å². The molecule has 6 nitrogen and oxygen atoms in total. The second-order valence-corrected chi connectivity index (χ2v) is 10.0. The van der Waals surface area contributed by atoms with Gasteiger partial charge in [-0.05, 0) is 41.5 Å². The fourth-order valence-corrected chi connectivity index (χ4v) is 5.13. The molecule has 154 valence electrons. The number of rotatable bonds is 6. The van der Waals surface area contributed by atoms with Crippen LogP contribution >= 0.6 is 0 Å². The number of benzene rings is 2. The van der Waals surface area contributed by atoms with Crippen LogP contribution in [-0.2, 0) is 22.0 Å². The molecular formula is C22H28N4O2S. The first kappa shape index (κ1) is 21.2. The largest absolute Gasteiger partial charge is 0.251 e. The molecule has 1 unspecified atom stereocenters. The summed E-state index contributed by atoms with van der Waals surface area (Å²) in [7, 11) is -3.75. The number of aromatic nitrogens is 3. The van der Waals surface area contributed by atoms with Crippen molar-refractivity contribution in [1.29, 1.82) is 0 Å². The Morgan fingerprint density at radius 3 is 2.21 bits per heavy atom. The Labute approximate surface area is 173 Å². The van der Waals surface area contributed by atoms with Gasteiger partial charge in [0.2, 0.25) is 10.0 Å². The molecule has 3 aromatic rings. The van der Waals surface area contributed by atoms with E-state index >= 15 is 0 Å². The summed E-state index contributed by atoms with van der Waals surface area (Å²) in [4.78, 5) is 4.30. The Kier molecular flexibility index (Phi) is 5.91. The van der Waals surface area contributed by atoms with Gasteiger partial charge in [0, 0.05) is 0 Å². The van der Waals surface area contributed by atoms with Gasteiger partial charge in [0.15, 0.2) is 0 Å². The molecule has 3 rings (SSSR count). The molecule has 2 aromatic carbocycles. The molecule has 0 aliphatic carbocycles. The van der Waals surface area contributed by atoms with Crippen molar-refractivity contribution in [2.45, 2.75) is 57.5 Å². The molecular weight excluding hydrogens is 384 g/mol. The zero-order valence-electron chi connectivity index (χ0n) is 17.5. The molecule has 29 heavy (non-hydrogen) atoms. The van der Waals surface area contributed by atoms with Crippen LogP contribution in [0.5, 0.6) is 0 Å². The third kappa shape index (κ3) is 4.92. The third-order valence-electron chi connectivity index (χ3n) is 4.93. The molecule has 0 saturated carbocycles. The van der Waals surface area contributed by atoms with E-state index in [2.05, 4.69) is 35.6 Å². The molecule has 0 bridgehead atoms. The maximum Gasteiger partial charge on any atom is 0.241 e. The first-order valence-electron chi connectivity index (χ1n) is 9.59. The summed E-state index contributed by atoms with van der Waals surface area (Å²) in [6.07, 6.45) is 3.02. The van der Waals surface area contributed by atoms with Gasteiger partial charge in [-0.1, -0.05) is 63.2 Å². The standard InChI is InChI=1S/C22H28N4O2S/c1-16-11-19(22(3,4)5)12-17(2)21(16)29(27,28)25-20(13-26-15-23-14-24-26)18-9-7-6-8-10-18/h6-12,14-15,20,25H,13H2,1-5H3. The van der Waals surface area contributed by atoms with Gasteiger partial charge in [-0.25, -0.2) is 18.1 Å². The Morgan fingerprint density at radius 2 is 1.69 bits per heavy atom. The summed E-state index contributed by atoms with van der Waals surface area (Å²) in [6.45, 7) is 10.4. The van der Waals surface area contributed by atoms with E-state index in [1.165, 1.54) is 6.33 Å². The first-order valence-corrected chi connectivity index (χ1v) is 11.1. The van der Waals surface area contributed by atoms with Gasteiger partial charge in [0.25, 0.3) is 0 Å². The summed E-state index contributed by atoms with van der Waals surface area (Å²) in [5.74, 6) is 0. The van der Waals surface area contributed by atoms with Gasteiger partial charge < -0.3 is 0 Å². The topological polar surface area (TPSA) is 76.9 Å². The number of sulfonamides is 1. The molecule has 0 radical (unpaired) electrons. The van der Waals surface area contributed by atoms with Crippen molar-refractivity contribution in [2.24, 2.45) is 0 Å². The second kappa shape index (κ2) is 8.08. The lowest BCUT2D eigenvalue weighted by Gasteiger charge is -2.24. The van der Waals surface area contributed by atoms with Crippen molar-refractivity contribution >= 4 is 10.0 Å². The van der Waals surface area contributed by atoms with Gasteiger partial charge in [-0.15, -0.1) is 0 Å². The number of aryl methyl sites for hydroxylation is 2. The molecule has 0 saturated heterocycles. The van der Waals surface area contributed by atoms with E-state index in [0.29, 0.717) is 11.4 Å². The van der Waals surface area contributed by atoms with E-state index in [1.54, 1.807) is 11.0 Å². The molecule has 0 fully saturated rings. The van der Waals surface area contributed by atoms with E-state index in [4.69, 9.17) is 0 Å². The van der Waals surface area contributed by atoms with Crippen molar-refractivity contribution in [1.82, 2.24) is 19.5 Å². The maximum absolute atomic E-state index is 13.4. The minimum Gasteiger partial charge on any atom is -0.251 e. The van der Waals surface area contributed by atoms with E-state index in [1.807, 2.05) is 56.3 Å². The second-order valence-electron chi connectivity index (χ2n) is 8.39. The average molecular weight is 413 g/mol. The van der Waals surface area contributed by atoms with Crippen LogP contribution < -0.4 is 4.72 Å². The predicted octanol–water partition coefficient (Wildman–Crippen LogP) is 3.91. The molecule has 0 amide bonds. The summed E-state index contributed by atoms with van der Waals surface area (Å²) >= 11 is 0. The van der Waals surface area contributed by atoms with Gasteiger partial charge >= 0.3 is 0 Å². The van der Waals surface area contributed by atoms with Crippen LogP contribution in [0, 0.1) is 13.8 Å². The molecule has 7 heteroatoms. The molecule has 1 heterocycles.